The molecule has 16 heavy (non-hydrogen) atoms. The first kappa shape index (κ1) is 15.7. The molecule has 0 aromatic carbocycles. The van der Waals surface area contributed by atoms with E-state index in [0.717, 1.165) is 14.4 Å². The molecule has 0 N–H and O–H groups in total. The zero-order valence-corrected chi connectivity index (χ0v) is 14.7. The number of sulfone groups is 1. The van der Waals surface area contributed by atoms with Crippen molar-refractivity contribution >= 4 is 43.0 Å². The molecule has 0 radical (unpaired) electrons. The Morgan fingerprint density at radius 2 is 2.19 bits per heavy atom. The minimum absolute atomic E-state index is 0.183. The predicted octanol–water partition coefficient (Wildman–Crippen LogP) is 3.64. The average molecular weight is 318 g/mol. The molecule has 0 saturated carbocycles. The third-order valence-corrected chi connectivity index (χ3v) is 16.5. The van der Waals surface area contributed by atoms with Crippen LogP contribution in [0.25, 0.3) is 0 Å². The van der Waals surface area contributed by atoms with Gasteiger partial charge in [0.05, 0.1) is 11.5 Å². The van der Waals surface area contributed by atoms with Gasteiger partial charge in [-0.25, -0.2) is 8.42 Å². The van der Waals surface area contributed by atoms with E-state index in [-0.39, 0.29) is 7.30 Å². The first-order valence-electron chi connectivity index (χ1n) is 5.70. The van der Waals surface area contributed by atoms with Gasteiger partial charge < -0.3 is 0 Å². The molecule has 7 heteroatoms. The van der Waals surface area contributed by atoms with Crippen molar-refractivity contribution in [3.63, 3.8) is 0 Å². The third-order valence-electron chi connectivity index (χ3n) is 3.20. The molecule has 0 spiro atoms. The molecule has 96 valence electrons. The van der Waals surface area contributed by atoms with Crippen molar-refractivity contribution in [3.8, 4) is 0 Å². The van der Waals surface area contributed by atoms with Crippen LogP contribution in [0.15, 0.2) is 0 Å². The van der Waals surface area contributed by atoms with Crippen LogP contribution in [0.4, 0.5) is 0 Å². The summed E-state index contributed by atoms with van der Waals surface area (Å²) in [5, 5.41) is 0. The Morgan fingerprint density at radius 1 is 1.50 bits per heavy atom. The summed E-state index contributed by atoms with van der Waals surface area (Å²) in [6, 6.07) is 0. The van der Waals surface area contributed by atoms with E-state index >= 15 is 0 Å². The topological polar surface area (TPSA) is 34.1 Å². The van der Waals surface area contributed by atoms with Gasteiger partial charge in [-0.15, -0.1) is 17.9 Å². The van der Waals surface area contributed by atoms with Gasteiger partial charge in [-0.2, -0.15) is 0 Å². The minimum atomic E-state index is -2.75. The fourth-order valence-corrected chi connectivity index (χ4v) is 11.2. The summed E-state index contributed by atoms with van der Waals surface area (Å²) >= 11 is 0. The largest absolute Gasteiger partial charge is 0.229 e. The van der Waals surface area contributed by atoms with E-state index in [1.807, 2.05) is 0 Å². The first-order valence-corrected chi connectivity index (χ1v) is 14.2. The van der Waals surface area contributed by atoms with Crippen LogP contribution in [-0.2, 0) is 9.84 Å². The quantitative estimate of drug-likeness (QED) is 0.725. The molecule has 0 aromatic rings. The van der Waals surface area contributed by atoms with Crippen LogP contribution in [-0.4, -0.2) is 25.6 Å². The Morgan fingerprint density at radius 3 is 2.75 bits per heavy atom. The van der Waals surface area contributed by atoms with Crippen molar-refractivity contribution in [1.29, 1.82) is 0 Å². The highest BCUT2D eigenvalue weighted by atomic mass is 32.6. The summed E-state index contributed by atoms with van der Waals surface area (Å²) in [5.41, 5.74) is 0.432. The van der Waals surface area contributed by atoms with Crippen LogP contribution in [0.5, 0.6) is 0 Å². The molecule has 0 aliphatic carbocycles. The molecule has 1 fully saturated rings. The zero-order chi connectivity index (χ0) is 12.2. The van der Waals surface area contributed by atoms with Gasteiger partial charge in [-0.05, 0) is 18.8 Å². The Bertz CT molecular complexity index is 307. The molecular weight excluding hydrogens is 296 g/mol. The lowest BCUT2D eigenvalue weighted by Gasteiger charge is -2.35. The van der Waals surface area contributed by atoms with Crippen molar-refractivity contribution in [2.24, 2.45) is 5.92 Å². The molecule has 1 aliphatic heterocycles. The molecule has 6 atom stereocenters. The van der Waals surface area contributed by atoms with Gasteiger partial charge in [0.15, 0.2) is 9.84 Å². The molecule has 0 amide bonds. The molecule has 0 aromatic heterocycles. The fourth-order valence-electron chi connectivity index (χ4n) is 2.21. The SMILES string of the molecule is CCCCC1CCS(=O)(=O)CC1P(P)PP. The van der Waals surface area contributed by atoms with Crippen molar-refractivity contribution in [3.05, 3.63) is 0 Å². The zero-order valence-electron chi connectivity index (χ0n) is 9.72. The second-order valence-corrected chi connectivity index (χ2v) is 16.2. The number of rotatable bonds is 5. The number of unbranched alkanes of at least 4 members (excludes halogenated alkanes) is 1. The van der Waals surface area contributed by atoms with Crippen molar-refractivity contribution in [2.75, 3.05) is 11.5 Å². The standard InChI is InChI=1S/C9H22O2P4S/c1-2-3-4-8-5-6-16(10,11)7-9(8)15(13)14-12/h8-9,14H,2-7,12-13H2,1H3. The van der Waals surface area contributed by atoms with Gasteiger partial charge in [0.2, 0.25) is 0 Å². The fraction of sp³-hybridized carbons (Fsp3) is 1.00. The highest BCUT2D eigenvalue weighted by molar-refractivity contribution is 8.61. The normalized spacial score (nSPS) is 31.9. The van der Waals surface area contributed by atoms with Crippen LogP contribution >= 0.6 is 33.1 Å². The minimum Gasteiger partial charge on any atom is -0.229 e. The number of hydrogen-bond acceptors (Lipinski definition) is 2. The first-order chi connectivity index (χ1) is 7.50. The van der Waals surface area contributed by atoms with E-state index < -0.39 is 9.84 Å². The average Bonchev–Trinajstić information content (AvgIpc) is 2.25. The Labute approximate surface area is 107 Å². The maximum atomic E-state index is 11.7. The van der Waals surface area contributed by atoms with Gasteiger partial charge in [-0.3, -0.25) is 0 Å². The van der Waals surface area contributed by atoms with E-state index in [2.05, 4.69) is 24.8 Å². The monoisotopic (exact) mass is 318 g/mol. The van der Waals surface area contributed by atoms with Crippen LogP contribution in [0.2, 0.25) is 0 Å². The van der Waals surface area contributed by atoms with Crippen molar-refractivity contribution in [2.45, 2.75) is 38.3 Å². The smallest absolute Gasteiger partial charge is 0.150 e. The lowest BCUT2D eigenvalue weighted by Crippen LogP contribution is -2.34. The molecule has 6 unspecified atom stereocenters. The number of hydrogen-bond donors (Lipinski definition) is 0. The Kier molecular flexibility index (Phi) is 7.18. The predicted molar refractivity (Wildman–Crippen MR) is 84.7 cm³/mol. The maximum Gasteiger partial charge on any atom is 0.150 e. The van der Waals surface area contributed by atoms with Gasteiger partial charge in [-0.1, -0.05) is 35.0 Å². The van der Waals surface area contributed by atoms with Gasteiger partial charge in [0.25, 0.3) is 0 Å². The second-order valence-electron chi connectivity index (χ2n) is 4.41. The lowest BCUT2D eigenvalue weighted by atomic mass is 9.96. The molecule has 0 bridgehead atoms. The lowest BCUT2D eigenvalue weighted by molar-refractivity contribution is 0.430. The van der Waals surface area contributed by atoms with Crippen LogP contribution in [0, 0.1) is 5.92 Å². The van der Waals surface area contributed by atoms with E-state index in [1.165, 1.54) is 19.3 Å². The molecule has 1 saturated heterocycles. The highest BCUT2D eigenvalue weighted by Gasteiger charge is 2.35. The molecular formula is C9H22O2P4S. The second kappa shape index (κ2) is 7.31. The van der Waals surface area contributed by atoms with Gasteiger partial charge in [0, 0.05) is 5.66 Å². The van der Waals surface area contributed by atoms with Crippen LogP contribution < -0.4 is 0 Å². The molecule has 1 aliphatic rings. The van der Waals surface area contributed by atoms with E-state index in [1.54, 1.807) is 0 Å². The van der Waals surface area contributed by atoms with Crippen molar-refractivity contribution < 1.29 is 8.42 Å². The van der Waals surface area contributed by atoms with E-state index in [9.17, 15) is 8.42 Å². The Balaban J connectivity index is 2.68. The highest BCUT2D eigenvalue weighted by Crippen LogP contribution is 2.71. The van der Waals surface area contributed by atoms with Gasteiger partial charge in [0.1, 0.15) is 0 Å². The van der Waals surface area contributed by atoms with E-state index in [0.29, 0.717) is 23.1 Å². The summed E-state index contributed by atoms with van der Waals surface area (Å²) in [4.78, 5) is 0. The maximum absolute atomic E-state index is 11.7. The van der Waals surface area contributed by atoms with Crippen molar-refractivity contribution in [1.82, 2.24) is 0 Å². The summed E-state index contributed by atoms with van der Waals surface area (Å²) in [7, 11) is 3.58. The summed E-state index contributed by atoms with van der Waals surface area (Å²) < 4.78 is 23.4. The summed E-state index contributed by atoms with van der Waals surface area (Å²) in [6.07, 6.45) is 4.58. The molecule has 1 rings (SSSR count). The Hall–Kier alpha value is 1.67. The third kappa shape index (κ3) is 4.74. The summed E-state index contributed by atoms with van der Waals surface area (Å²) in [6.45, 7) is 2.20. The summed E-state index contributed by atoms with van der Waals surface area (Å²) in [5.74, 6) is 1.52. The van der Waals surface area contributed by atoms with Crippen LogP contribution in [0.3, 0.4) is 0 Å². The van der Waals surface area contributed by atoms with Gasteiger partial charge >= 0.3 is 0 Å². The molecule has 2 nitrogen and oxygen atoms in total. The molecule has 1 heterocycles. The van der Waals surface area contributed by atoms with Crippen LogP contribution in [0.1, 0.15) is 32.6 Å². The van der Waals surface area contributed by atoms with E-state index in [4.69, 9.17) is 0 Å².